The van der Waals surface area contributed by atoms with Crippen LogP contribution in [0, 0.1) is 13.8 Å². The second-order valence-electron chi connectivity index (χ2n) is 8.85. The third kappa shape index (κ3) is 5.24. The molecular formula is C30H33N5O. The predicted octanol–water partition coefficient (Wildman–Crippen LogP) is 7.17. The molecule has 4 aromatic rings. The van der Waals surface area contributed by atoms with E-state index in [9.17, 15) is 0 Å². The van der Waals surface area contributed by atoms with Crippen molar-refractivity contribution in [3.63, 3.8) is 0 Å². The Bertz CT molecular complexity index is 1430. The molecule has 0 unspecified atom stereocenters. The topological polar surface area (TPSA) is 86.0 Å². The molecule has 0 saturated carbocycles. The molecule has 2 aromatic carbocycles. The molecular weight excluding hydrogens is 446 g/mol. The number of hydrogen-bond acceptors (Lipinski definition) is 6. The van der Waals surface area contributed by atoms with Crippen LogP contribution in [0.5, 0.6) is 5.75 Å². The first-order chi connectivity index (χ1) is 17.4. The summed E-state index contributed by atoms with van der Waals surface area (Å²) in [7, 11) is 1.63. The number of ether oxygens (including phenoxy) is 1. The molecule has 0 bridgehead atoms. The van der Waals surface area contributed by atoms with Gasteiger partial charge < -0.3 is 15.8 Å². The van der Waals surface area contributed by atoms with Crippen LogP contribution in [0.25, 0.3) is 28.1 Å². The number of nitrogens with zero attached hydrogens (tertiary/aromatic N) is 3. The molecule has 0 radical (unpaired) electrons. The smallest absolute Gasteiger partial charge is 0.230 e. The van der Waals surface area contributed by atoms with Crippen LogP contribution in [0.1, 0.15) is 48.9 Å². The van der Waals surface area contributed by atoms with Crippen molar-refractivity contribution in [3.05, 3.63) is 76.7 Å². The van der Waals surface area contributed by atoms with Gasteiger partial charge in [-0.1, -0.05) is 38.5 Å². The molecule has 0 amide bonds. The van der Waals surface area contributed by atoms with Gasteiger partial charge in [0.25, 0.3) is 0 Å². The fourth-order valence-electron chi connectivity index (χ4n) is 4.49. The summed E-state index contributed by atoms with van der Waals surface area (Å²) in [5, 5.41) is 3.91. The monoisotopic (exact) mass is 479 g/mol. The molecule has 2 aromatic heterocycles. The Kier molecular flexibility index (Phi) is 7.67. The molecule has 0 fully saturated rings. The van der Waals surface area contributed by atoms with E-state index in [0.29, 0.717) is 28.7 Å². The van der Waals surface area contributed by atoms with Crippen LogP contribution in [-0.4, -0.2) is 22.1 Å². The van der Waals surface area contributed by atoms with Crippen LogP contribution >= 0.6 is 0 Å². The number of aromatic nitrogens is 3. The molecule has 6 heteroatoms. The zero-order valence-electron chi connectivity index (χ0n) is 21.6. The molecule has 0 spiro atoms. The molecule has 0 aliphatic rings. The van der Waals surface area contributed by atoms with Gasteiger partial charge in [-0.2, -0.15) is 4.98 Å². The molecule has 2 heterocycles. The van der Waals surface area contributed by atoms with E-state index in [4.69, 9.17) is 15.5 Å². The Morgan fingerprint density at radius 3 is 2.47 bits per heavy atom. The minimum Gasteiger partial charge on any atom is -0.496 e. The summed E-state index contributed by atoms with van der Waals surface area (Å²) in [6, 6.07) is 12.3. The first kappa shape index (κ1) is 25.0. The van der Waals surface area contributed by atoms with Crippen molar-refractivity contribution in [2.75, 3.05) is 18.2 Å². The first-order valence-electron chi connectivity index (χ1n) is 12.3. The van der Waals surface area contributed by atoms with Gasteiger partial charge in [0, 0.05) is 11.8 Å². The van der Waals surface area contributed by atoms with Crippen molar-refractivity contribution in [2.24, 2.45) is 0 Å². The van der Waals surface area contributed by atoms with Gasteiger partial charge in [0.2, 0.25) is 5.95 Å². The lowest BCUT2D eigenvalue weighted by molar-refractivity contribution is 0.420. The van der Waals surface area contributed by atoms with Gasteiger partial charge in [-0.3, -0.25) is 0 Å². The standard InChI is InChI=1S/C30H33N5O/c1-6-8-9-11-22-16-19(3)26(20(4)17-22)23-13-14-24(36-5)27-28(23)34-30(35-29(27)31)33-25-15-12-21(10-7-2)18-32-25/h8,11-18H,6-7,10H2,1-5H3,(H3,31,32,33,34,35). The third-order valence-corrected chi connectivity index (χ3v) is 6.06. The van der Waals surface area contributed by atoms with Crippen molar-refractivity contribution >= 4 is 34.6 Å². The normalized spacial score (nSPS) is 10.7. The number of benzene rings is 2. The van der Waals surface area contributed by atoms with Crippen molar-refractivity contribution in [3.8, 4) is 16.9 Å². The lowest BCUT2D eigenvalue weighted by Gasteiger charge is -2.17. The van der Waals surface area contributed by atoms with Crippen LogP contribution in [0.4, 0.5) is 17.6 Å². The number of aryl methyl sites for hydroxylation is 3. The van der Waals surface area contributed by atoms with Crippen LogP contribution in [0.15, 0.2) is 54.4 Å². The molecule has 4 rings (SSSR count). The number of pyridine rings is 1. The van der Waals surface area contributed by atoms with Gasteiger partial charge in [-0.25, -0.2) is 9.97 Å². The Hall–Kier alpha value is -4.15. The third-order valence-electron chi connectivity index (χ3n) is 6.06. The van der Waals surface area contributed by atoms with Gasteiger partial charge in [-0.05, 0) is 84.9 Å². The second kappa shape index (κ2) is 11.1. The Morgan fingerprint density at radius 1 is 1.06 bits per heavy atom. The Labute approximate surface area is 213 Å². The minimum atomic E-state index is 0.350. The second-order valence-corrected chi connectivity index (χ2v) is 8.85. The van der Waals surface area contributed by atoms with E-state index in [-0.39, 0.29) is 0 Å². The number of anilines is 3. The number of nitrogens with two attached hydrogens (primary N) is 1. The quantitative estimate of drug-likeness (QED) is 0.260. The summed E-state index contributed by atoms with van der Waals surface area (Å²) < 4.78 is 5.62. The maximum atomic E-state index is 6.46. The van der Waals surface area contributed by atoms with Crippen molar-refractivity contribution in [1.82, 2.24) is 15.0 Å². The molecule has 6 nitrogen and oxygen atoms in total. The molecule has 0 saturated heterocycles. The molecule has 3 N–H and O–H groups in total. The van der Waals surface area contributed by atoms with E-state index in [1.165, 1.54) is 5.56 Å². The highest BCUT2D eigenvalue weighted by molar-refractivity contribution is 6.04. The first-order valence-corrected chi connectivity index (χ1v) is 12.3. The van der Waals surface area contributed by atoms with E-state index < -0.39 is 0 Å². The zero-order chi connectivity index (χ0) is 25.7. The Morgan fingerprint density at radius 2 is 1.83 bits per heavy atom. The number of allylic oxidation sites excluding steroid dienone is 1. The lowest BCUT2D eigenvalue weighted by atomic mass is 9.92. The van der Waals surface area contributed by atoms with Crippen molar-refractivity contribution in [2.45, 2.75) is 47.0 Å². The number of hydrogen-bond donors (Lipinski definition) is 2. The largest absolute Gasteiger partial charge is 0.496 e. The SMILES string of the molecule is CCC=C=Cc1cc(C)c(-c2ccc(OC)c3c(N)nc(Nc4ccc(CCC)cn4)nc23)c(C)c1. The molecule has 0 atom stereocenters. The highest BCUT2D eigenvalue weighted by atomic mass is 16.5. The van der Waals surface area contributed by atoms with Crippen LogP contribution in [0.2, 0.25) is 0 Å². The van der Waals surface area contributed by atoms with Crippen LogP contribution in [0.3, 0.4) is 0 Å². The molecule has 0 aliphatic heterocycles. The average molecular weight is 480 g/mol. The molecule has 36 heavy (non-hydrogen) atoms. The van der Waals surface area contributed by atoms with E-state index >= 15 is 0 Å². The molecule has 184 valence electrons. The highest BCUT2D eigenvalue weighted by Gasteiger charge is 2.18. The lowest BCUT2D eigenvalue weighted by Crippen LogP contribution is -2.05. The number of methoxy groups -OCH3 is 1. The minimum absolute atomic E-state index is 0.350. The number of rotatable bonds is 8. The maximum Gasteiger partial charge on any atom is 0.230 e. The van der Waals surface area contributed by atoms with Gasteiger partial charge in [0.05, 0.1) is 18.0 Å². The highest BCUT2D eigenvalue weighted by Crippen LogP contribution is 2.39. The van der Waals surface area contributed by atoms with Gasteiger partial charge >= 0.3 is 0 Å². The fraction of sp³-hybridized carbons (Fsp3) is 0.267. The summed E-state index contributed by atoms with van der Waals surface area (Å²) >= 11 is 0. The van der Waals surface area contributed by atoms with E-state index in [1.54, 1.807) is 7.11 Å². The summed E-state index contributed by atoms with van der Waals surface area (Å²) in [4.78, 5) is 13.9. The molecule has 0 aliphatic carbocycles. The number of fused-ring (bicyclic) bond motifs is 1. The van der Waals surface area contributed by atoms with Gasteiger partial charge in [-0.15, -0.1) is 5.73 Å². The predicted molar refractivity (Wildman–Crippen MR) is 150 cm³/mol. The fourth-order valence-corrected chi connectivity index (χ4v) is 4.49. The van der Waals surface area contributed by atoms with Crippen LogP contribution < -0.4 is 15.8 Å². The maximum absolute atomic E-state index is 6.46. The van der Waals surface area contributed by atoms with Crippen molar-refractivity contribution in [1.29, 1.82) is 0 Å². The van der Waals surface area contributed by atoms with Crippen molar-refractivity contribution < 1.29 is 4.74 Å². The van der Waals surface area contributed by atoms with E-state index in [0.717, 1.165) is 52.6 Å². The summed E-state index contributed by atoms with van der Waals surface area (Å²) in [6.07, 6.45) is 8.95. The number of nitrogen functional groups attached to an aromatic ring is 1. The Balaban J connectivity index is 1.84. The van der Waals surface area contributed by atoms with Gasteiger partial charge in [0.15, 0.2) is 0 Å². The number of nitrogens with one attached hydrogen (secondary N) is 1. The summed E-state index contributed by atoms with van der Waals surface area (Å²) in [6.45, 7) is 8.49. The van der Waals surface area contributed by atoms with Crippen LogP contribution in [-0.2, 0) is 6.42 Å². The zero-order valence-corrected chi connectivity index (χ0v) is 21.6. The summed E-state index contributed by atoms with van der Waals surface area (Å²) in [5.74, 6) is 2.05. The average Bonchev–Trinajstić information content (AvgIpc) is 2.85. The van der Waals surface area contributed by atoms with E-state index in [2.05, 4.69) is 66.9 Å². The van der Waals surface area contributed by atoms with Gasteiger partial charge in [0.1, 0.15) is 17.4 Å². The summed E-state index contributed by atoms with van der Waals surface area (Å²) in [5.41, 5.74) is 17.1. The van der Waals surface area contributed by atoms with E-state index in [1.807, 2.05) is 36.5 Å².